The van der Waals surface area contributed by atoms with Crippen LogP contribution in [0.25, 0.3) is 16.9 Å². The van der Waals surface area contributed by atoms with E-state index in [1.54, 1.807) is 28.0 Å². The molecule has 4 aromatic rings. The minimum Gasteiger partial charge on any atom is -0.434 e. The van der Waals surface area contributed by atoms with Crippen molar-refractivity contribution in [3.63, 3.8) is 0 Å². The molecular weight excluding hydrogens is 610 g/mol. The Kier molecular flexibility index (Phi) is 8.72. The average molecular weight is 643 g/mol. The van der Waals surface area contributed by atoms with Crippen molar-refractivity contribution >= 4 is 40.7 Å². The second kappa shape index (κ2) is 12.9. The summed E-state index contributed by atoms with van der Waals surface area (Å²) in [5.74, 6) is -0.735. The van der Waals surface area contributed by atoms with Crippen molar-refractivity contribution in [1.82, 2.24) is 39.1 Å². The van der Waals surface area contributed by atoms with Crippen LogP contribution in [0.4, 0.5) is 25.1 Å². The lowest BCUT2D eigenvalue weighted by Crippen LogP contribution is -2.37. The lowest BCUT2D eigenvalue weighted by atomic mass is 10.1. The van der Waals surface area contributed by atoms with E-state index < -0.39 is 12.5 Å². The summed E-state index contributed by atoms with van der Waals surface area (Å²) in [5.41, 5.74) is 7.08. The summed E-state index contributed by atoms with van der Waals surface area (Å²) in [7, 11) is 1.82. The molecule has 2 aliphatic rings. The molecule has 238 valence electrons. The van der Waals surface area contributed by atoms with Crippen molar-refractivity contribution in [2.75, 3.05) is 57.4 Å². The zero-order chi connectivity index (χ0) is 31.7. The number of nitrogens with zero attached hydrogens (tertiary/aromatic N) is 8. The Bertz CT molecular complexity index is 1700. The van der Waals surface area contributed by atoms with E-state index in [9.17, 15) is 18.4 Å². The van der Waals surface area contributed by atoms with Gasteiger partial charge in [0.05, 0.1) is 11.7 Å². The number of amides is 3. The number of fused-ring (bicyclic) bond motifs is 1. The molecule has 6 rings (SSSR count). The molecule has 3 N–H and O–H groups in total. The first-order chi connectivity index (χ1) is 21.7. The lowest BCUT2D eigenvalue weighted by Gasteiger charge is -2.32. The molecule has 5 heterocycles. The number of urea groups is 1. The molecule has 16 heteroatoms. The first-order valence-electron chi connectivity index (χ1n) is 14.6. The zero-order valence-corrected chi connectivity index (χ0v) is 25.3. The number of nitrogens with one attached hydrogen (secondary N) is 1. The number of ether oxygens (including phenoxy) is 1. The SMILES string of the molecule is CN1CCN(CCCN2CCC(n3cc(NC(=O)c4c(N)nn5cccnc45)c(-c4cc(Cl)ccc4OC(F)F)n3)CC2)C1=O. The number of halogens is 3. The van der Waals surface area contributed by atoms with Crippen LogP contribution >= 0.6 is 11.6 Å². The standard InChI is InChI=1S/C29H33ClF2N10O3/c1-38-14-15-40(29(38)44)10-3-9-39-12-6-19(7-13-39)42-17-21(24(36-42)20-16-18(30)4-5-22(20)45-28(31)32)35-27(43)23-25(33)37-41-11-2-8-34-26(23)41/h2,4-5,8,11,16-17,19,28H,3,6-7,9-10,12-15H2,1H3,(H2,33,37)(H,35,43). The highest BCUT2D eigenvalue weighted by Gasteiger charge is 2.28. The molecule has 0 aliphatic carbocycles. The number of carbonyl (C=O) groups is 2. The van der Waals surface area contributed by atoms with Gasteiger partial charge >= 0.3 is 12.6 Å². The van der Waals surface area contributed by atoms with Gasteiger partial charge in [-0.15, -0.1) is 5.10 Å². The predicted octanol–water partition coefficient (Wildman–Crippen LogP) is 4.08. The summed E-state index contributed by atoms with van der Waals surface area (Å²) >= 11 is 6.27. The molecule has 2 saturated heterocycles. The number of likely N-dealkylation sites (N-methyl/N-ethyl adjacent to an activating group) is 1. The molecule has 0 bridgehead atoms. The maximum Gasteiger partial charge on any atom is 0.387 e. The molecule has 0 atom stereocenters. The van der Waals surface area contributed by atoms with Gasteiger partial charge in [0.15, 0.2) is 11.5 Å². The topological polar surface area (TPSA) is 139 Å². The molecule has 13 nitrogen and oxygen atoms in total. The molecule has 3 amide bonds. The Balaban J connectivity index is 1.23. The normalized spacial score (nSPS) is 16.3. The van der Waals surface area contributed by atoms with E-state index in [1.807, 2.05) is 11.9 Å². The van der Waals surface area contributed by atoms with Gasteiger partial charge in [0.1, 0.15) is 17.0 Å². The quantitative estimate of drug-likeness (QED) is 0.264. The Morgan fingerprint density at radius 2 is 1.98 bits per heavy atom. The number of nitrogen functional groups attached to an aromatic ring is 1. The van der Waals surface area contributed by atoms with Crippen LogP contribution in [0.3, 0.4) is 0 Å². The third-order valence-electron chi connectivity index (χ3n) is 8.18. The minimum absolute atomic E-state index is 0.0122. The van der Waals surface area contributed by atoms with Crippen molar-refractivity contribution in [1.29, 1.82) is 0 Å². The molecule has 1 aromatic carbocycles. The molecule has 0 spiro atoms. The lowest BCUT2D eigenvalue weighted by molar-refractivity contribution is -0.0494. The molecule has 45 heavy (non-hydrogen) atoms. The number of hydrogen-bond acceptors (Lipinski definition) is 8. The van der Waals surface area contributed by atoms with Gasteiger partial charge in [-0.25, -0.2) is 14.3 Å². The monoisotopic (exact) mass is 642 g/mol. The summed E-state index contributed by atoms with van der Waals surface area (Å²) < 4.78 is 34.6. The third kappa shape index (κ3) is 6.49. The van der Waals surface area contributed by atoms with Gasteiger partial charge in [0.25, 0.3) is 5.91 Å². The fourth-order valence-electron chi connectivity index (χ4n) is 5.87. The van der Waals surface area contributed by atoms with Crippen LogP contribution in [0.2, 0.25) is 5.02 Å². The Morgan fingerprint density at radius 1 is 1.18 bits per heavy atom. The van der Waals surface area contributed by atoms with Crippen molar-refractivity contribution < 1.29 is 23.1 Å². The van der Waals surface area contributed by atoms with Gasteiger partial charge in [0.2, 0.25) is 0 Å². The summed E-state index contributed by atoms with van der Waals surface area (Å²) in [6, 6.07) is 5.98. The van der Waals surface area contributed by atoms with Crippen LogP contribution < -0.4 is 15.8 Å². The minimum atomic E-state index is -3.08. The van der Waals surface area contributed by atoms with Gasteiger partial charge in [-0.2, -0.15) is 13.9 Å². The van der Waals surface area contributed by atoms with E-state index in [0.717, 1.165) is 58.5 Å². The maximum atomic E-state index is 13.6. The van der Waals surface area contributed by atoms with Crippen molar-refractivity contribution in [2.45, 2.75) is 31.9 Å². The van der Waals surface area contributed by atoms with Crippen LogP contribution in [0.5, 0.6) is 5.75 Å². The largest absolute Gasteiger partial charge is 0.434 e. The van der Waals surface area contributed by atoms with Gasteiger partial charge < -0.3 is 30.5 Å². The van der Waals surface area contributed by atoms with Gasteiger partial charge in [-0.05, 0) is 50.1 Å². The molecule has 0 unspecified atom stereocenters. The van der Waals surface area contributed by atoms with Gasteiger partial charge in [-0.1, -0.05) is 11.6 Å². The Hall–Kier alpha value is -4.50. The summed E-state index contributed by atoms with van der Waals surface area (Å²) in [6.07, 6.45) is 7.27. The number of carbonyl (C=O) groups excluding carboxylic acids is 2. The van der Waals surface area contributed by atoms with E-state index in [0.29, 0.717) is 0 Å². The predicted molar refractivity (Wildman–Crippen MR) is 164 cm³/mol. The number of benzene rings is 1. The second-order valence-electron chi connectivity index (χ2n) is 11.1. The smallest absolute Gasteiger partial charge is 0.387 e. The first kappa shape index (κ1) is 30.5. The van der Waals surface area contributed by atoms with E-state index in [-0.39, 0.29) is 56.8 Å². The molecule has 2 fully saturated rings. The number of likely N-dealkylation sites (tertiary alicyclic amines) is 1. The van der Waals surface area contributed by atoms with E-state index >= 15 is 0 Å². The Morgan fingerprint density at radius 3 is 2.71 bits per heavy atom. The fraction of sp³-hybridized carbons (Fsp3) is 0.414. The van der Waals surface area contributed by atoms with Gasteiger partial charge in [-0.3, -0.25) is 9.48 Å². The summed E-state index contributed by atoms with van der Waals surface area (Å²) in [6.45, 7) is 1.67. The highest BCUT2D eigenvalue weighted by Crippen LogP contribution is 2.38. The summed E-state index contributed by atoms with van der Waals surface area (Å²) in [4.78, 5) is 35.9. The maximum absolute atomic E-state index is 13.6. The third-order valence-corrected chi connectivity index (χ3v) is 8.41. The number of nitrogens with two attached hydrogens (primary N) is 1. The highest BCUT2D eigenvalue weighted by molar-refractivity contribution is 6.31. The summed E-state index contributed by atoms with van der Waals surface area (Å²) in [5, 5.41) is 12.1. The highest BCUT2D eigenvalue weighted by atomic mass is 35.5. The number of aromatic nitrogens is 5. The van der Waals surface area contributed by atoms with Crippen molar-refractivity contribution in [2.24, 2.45) is 0 Å². The first-order valence-corrected chi connectivity index (χ1v) is 15.0. The Labute approximate surface area is 262 Å². The molecule has 0 radical (unpaired) electrons. The zero-order valence-electron chi connectivity index (χ0n) is 24.6. The van der Waals surface area contributed by atoms with Crippen molar-refractivity contribution in [3.8, 4) is 17.0 Å². The van der Waals surface area contributed by atoms with E-state index in [4.69, 9.17) is 27.2 Å². The molecule has 2 aliphatic heterocycles. The van der Waals surface area contributed by atoms with E-state index in [1.165, 1.54) is 28.9 Å². The second-order valence-corrected chi connectivity index (χ2v) is 11.5. The van der Waals surface area contributed by atoms with Crippen LogP contribution in [0, 0.1) is 0 Å². The number of anilines is 2. The van der Waals surface area contributed by atoms with Crippen LogP contribution in [0.15, 0.2) is 42.9 Å². The van der Waals surface area contributed by atoms with Crippen molar-refractivity contribution in [3.05, 3.63) is 53.4 Å². The molecular formula is C29H33ClF2N10O3. The number of piperidine rings is 1. The molecule has 3 aromatic heterocycles. The van der Waals surface area contributed by atoms with Gasteiger partial charge in [0, 0.05) is 68.9 Å². The number of hydrogen-bond donors (Lipinski definition) is 2. The van der Waals surface area contributed by atoms with Crippen LogP contribution in [-0.4, -0.2) is 104 Å². The van der Waals surface area contributed by atoms with Crippen LogP contribution in [0.1, 0.15) is 35.7 Å². The molecule has 0 saturated carbocycles. The number of rotatable bonds is 10. The van der Waals surface area contributed by atoms with E-state index in [2.05, 4.69) is 20.3 Å². The average Bonchev–Trinajstić information content (AvgIpc) is 3.68. The number of alkyl halides is 2. The fourth-order valence-corrected chi connectivity index (χ4v) is 6.04. The van der Waals surface area contributed by atoms with Crippen LogP contribution in [-0.2, 0) is 0 Å².